The first kappa shape index (κ1) is 13.5. The number of hydrogen-bond donors (Lipinski definition) is 2. The van der Waals surface area contributed by atoms with Crippen molar-refractivity contribution in [1.29, 1.82) is 0 Å². The molecule has 0 spiro atoms. The summed E-state index contributed by atoms with van der Waals surface area (Å²) in [5, 5.41) is 3.20. The zero-order valence-electron chi connectivity index (χ0n) is 11.9. The third-order valence-corrected chi connectivity index (χ3v) is 3.48. The smallest absolute Gasteiger partial charge is 0.224 e. The Morgan fingerprint density at radius 3 is 3.14 bits per heavy atom. The van der Waals surface area contributed by atoms with E-state index >= 15 is 0 Å². The summed E-state index contributed by atoms with van der Waals surface area (Å²) >= 11 is 0. The standard InChI is InChI=1S/C15H18N4O2/c1-20-12-3-2-11-6-10(9-21-13(11)7-12)8-18-15-17-5-4-14(16)19-15/h2-5,7,10H,6,8-9H2,1H3,(H3,16,17,18,19)/t10-/m1/s1. The van der Waals surface area contributed by atoms with Gasteiger partial charge in [-0.25, -0.2) is 4.98 Å². The summed E-state index contributed by atoms with van der Waals surface area (Å²) in [6.07, 6.45) is 2.60. The predicted octanol–water partition coefficient (Wildman–Crippen LogP) is 1.73. The number of methoxy groups -OCH3 is 1. The molecule has 1 aromatic carbocycles. The molecule has 6 nitrogen and oxygen atoms in total. The van der Waals surface area contributed by atoms with E-state index in [0.717, 1.165) is 24.5 Å². The van der Waals surface area contributed by atoms with Crippen molar-refractivity contribution in [3.63, 3.8) is 0 Å². The second-order valence-electron chi connectivity index (χ2n) is 5.04. The van der Waals surface area contributed by atoms with Crippen molar-refractivity contribution in [2.75, 3.05) is 31.3 Å². The number of nitrogens with two attached hydrogens (primary N) is 1. The van der Waals surface area contributed by atoms with Crippen LogP contribution in [-0.2, 0) is 6.42 Å². The van der Waals surface area contributed by atoms with E-state index in [1.54, 1.807) is 19.4 Å². The minimum absolute atomic E-state index is 0.371. The number of nitrogens with zero attached hydrogens (tertiary/aromatic N) is 2. The molecule has 2 heterocycles. The van der Waals surface area contributed by atoms with E-state index in [-0.39, 0.29) is 0 Å². The van der Waals surface area contributed by atoms with Crippen molar-refractivity contribution in [3.8, 4) is 11.5 Å². The number of aromatic nitrogens is 2. The van der Waals surface area contributed by atoms with Gasteiger partial charge in [-0.2, -0.15) is 4.98 Å². The third-order valence-electron chi connectivity index (χ3n) is 3.48. The Bertz CT molecular complexity index is 633. The highest BCUT2D eigenvalue weighted by atomic mass is 16.5. The van der Waals surface area contributed by atoms with Crippen LogP contribution in [0.5, 0.6) is 11.5 Å². The highest BCUT2D eigenvalue weighted by Gasteiger charge is 2.20. The second-order valence-corrected chi connectivity index (χ2v) is 5.04. The topological polar surface area (TPSA) is 82.3 Å². The van der Waals surface area contributed by atoms with Crippen LogP contribution < -0.4 is 20.5 Å². The summed E-state index contributed by atoms with van der Waals surface area (Å²) in [7, 11) is 1.66. The number of rotatable bonds is 4. The van der Waals surface area contributed by atoms with Gasteiger partial charge in [-0.15, -0.1) is 0 Å². The molecule has 0 aliphatic carbocycles. The van der Waals surface area contributed by atoms with Gasteiger partial charge >= 0.3 is 0 Å². The van der Waals surface area contributed by atoms with Crippen LogP contribution in [-0.4, -0.2) is 30.2 Å². The molecule has 1 aliphatic rings. The molecule has 0 saturated heterocycles. The van der Waals surface area contributed by atoms with Crippen molar-refractivity contribution in [1.82, 2.24) is 9.97 Å². The maximum Gasteiger partial charge on any atom is 0.224 e. The predicted molar refractivity (Wildman–Crippen MR) is 80.6 cm³/mol. The molecule has 0 fully saturated rings. The lowest BCUT2D eigenvalue weighted by molar-refractivity contribution is 0.228. The Balaban J connectivity index is 1.61. The van der Waals surface area contributed by atoms with Crippen molar-refractivity contribution in [2.24, 2.45) is 5.92 Å². The molecule has 3 rings (SSSR count). The fraction of sp³-hybridized carbons (Fsp3) is 0.333. The number of anilines is 2. The first-order valence-electron chi connectivity index (χ1n) is 6.86. The fourth-order valence-corrected chi connectivity index (χ4v) is 2.37. The van der Waals surface area contributed by atoms with Gasteiger partial charge in [-0.3, -0.25) is 0 Å². The quantitative estimate of drug-likeness (QED) is 0.890. The van der Waals surface area contributed by atoms with E-state index in [9.17, 15) is 0 Å². The van der Waals surface area contributed by atoms with Crippen LogP contribution in [0.3, 0.4) is 0 Å². The Morgan fingerprint density at radius 1 is 1.43 bits per heavy atom. The van der Waals surface area contributed by atoms with Gasteiger partial charge in [0.2, 0.25) is 5.95 Å². The molecule has 0 bridgehead atoms. The van der Waals surface area contributed by atoms with E-state index in [4.69, 9.17) is 15.2 Å². The number of hydrogen-bond acceptors (Lipinski definition) is 6. The lowest BCUT2D eigenvalue weighted by Crippen LogP contribution is -2.27. The van der Waals surface area contributed by atoms with E-state index in [1.165, 1.54) is 5.56 Å². The first-order valence-corrected chi connectivity index (χ1v) is 6.86. The van der Waals surface area contributed by atoms with Gasteiger partial charge in [0.1, 0.15) is 17.3 Å². The minimum atomic E-state index is 0.371. The van der Waals surface area contributed by atoms with Gasteiger partial charge in [0.15, 0.2) is 0 Å². The summed E-state index contributed by atoms with van der Waals surface area (Å²) in [4.78, 5) is 8.25. The van der Waals surface area contributed by atoms with Gasteiger partial charge in [0.25, 0.3) is 0 Å². The average molecular weight is 286 g/mol. The largest absolute Gasteiger partial charge is 0.497 e. The molecular formula is C15H18N4O2. The van der Waals surface area contributed by atoms with Gasteiger partial charge in [0, 0.05) is 24.7 Å². The first-order chi connectivity index (χ1) is 10.2. The normalized spacial score (nSPS) is 16.7. The highest BCUT2D eigenvalue weighted by Crippen LogP contribution is 2.30. The fourth-order valence-electron chi connectivity index (χ4n) is 2.37. The average Bonchev–Trinajstić information content (AvgIpc) is 2.52. The van der Waals surface area contributed by atoms with Gasteiger partial charge < -0.3 is 20.5 Å². The number of fused-ring (bicyclic) bond motifs is 1. The van der Waals surface area contributed by atoms with Crippen molar-refractivity contribution >= 4 is 11.8 Å². The molecule has 0 saturated carbocycles. The molecule has 0 amide bonds. The van der Waals surface area contributed by atoms with E-state index < -0.39 is 0 Å². The van der Waals surface area contributed by atoms with Gasteiger partial charge in [0.05, 0.1) is 13.7 Å². The lowest BCUT2D eigenvalue weighted by Gasteiger charge is -2.25. The summed E-state index contributed by atoms with van der Waals surface area (Å²) in [5.41, 5.74) is 6.83. The zero-order valence-corrected chi connectivity index (χ0v) is 11.9. The molecule has 1 aliphatic heterocycles. The highest BCUT2D eigenvalue weighted by molar-refractivity contribution is 5.42. The molecular weight excluding hydrogens is 268 g/mol. The number of nitrogens with one attached hydrogen (secondary N) is 1. The molecule has 1 atom stereocenters. The summed E-state index contributed by atoms with van der Waals surface area (Å²) in [6.45, 7) is 1.41. The van der Waals surface area contributed by atoms with Crippen LogP contribution in [0, 0.1) is 5.92 Å². The third kappa shape index (κ3) is 3.16. The van der Waals surface area contributed by atoms with Crippen LogP contribution in [0.15, 0.2) is 30.5 Å². The van der Waals surface area contributed by atoms with Crippen LogP contribution in [0.25, 0.3) is 0 Å². The van der Waals surface area contributed by atoms with Crippen LogP contribution in [0.2, 0.25) is 0 Å². The minimum Gasteiger partial charge on any atom is -0.497 e. The molecule has 21 heavy (non-hydrogen) atoms. The molecule has 1 aromatic heterocycles. The van der Waals surface area contributed by atoms with E-state index in [2.05, 4.69) is 21.4 Å². The molecule has 0 unspecified atom stereocenters. The Kier molecular flexibility index (Phi) is 3.77. The van der Waals surface area contributed by atoms with Crippen molar-refractivity contribution < 1.29 is 9.47 Å². The Hall–Kier alpha value is -2.50. The van der Waals surface area contributed by atoms with Crippen LogP contribution in [0.1, 0.15) is 5.56 Å². The van der Waals surface area contributed by atoms with Crippen molar-refractivity contribution in [3.05, 3.63) is 36.0 Å². The molecule has 6 heteroatoms. The summed E-state index contributed by atoms with van der Waals surface area (Å²) in [5.74, 6) is 3.11. The molecule has 3 N–H and O–H groups in total. The number of ether oxygens (including phenoxy) is 2. The monoisotopic (exact) mass is 286 g/mol. The van der Waals surface area contributed by atoms with Crippen LogP contribution >= 0.6 is 0 Å². The zero-order chi connectivity index (χ0) is 14.7. The maximum atomic E-state index is 5.81. The Morgan fingerprint density at radius 2 is 2.33 bits per heavy atom. The van der Waals surface area contributed by atoms with E-state index in [1.807, 2.05) is 12.1 Å². The Labute approximate surface area is 123 Å². The molecule has 110 valence electrons. The van der Waals surface area contributed by atoms with Gasteiger partial charge in [-0.05, 0) is 24.1 Å². The van der Waals surface area contributed by atoms with Crippen molar-refractivity contribution in [2.45, 2.75) is 6.42 Å². The summed E-state index contributed by atoms with van der Waals surface area (Å²) < 4.78 is 11.0. The SMILES string of the molecule is COc1ccc2c(c1)OC[C@@H](CNc1nccc(N)n1)C2. The lowest BCUT2D eigenvalue weighted by atomic mass is 9.96. The van der Waals surface area contributed by atoms with E-state index in [0.29, 0.717) is 24.3 Å². The van der Waals surface area contributed by atoms with Crippen LogP contribution in [0.4, 0.5) is 11.8 Å². The number of nitrogen functional groups attached to an aromatic ring is 1. The molecule has 2 aromatic rings. The van der Waals surface area contributed by atoms with Gasteiger partial charge in [-0.1, -0.05) is 6.07 Å². The molecule has 0 radical (unpaired) electrons. The summed E-state index contributed by atoms with van der Waals surface area (Å²) in [6, 6.07) is 7.61. The number of benzene rings is 1. The second kappa shape index (κ2) is 5.87. The maximum absolute atomic E-state index is 5.81.